The predicted molar refractivity (Wildman–Crippen MR) is 70.3 cm³/mol. The number of benzene rings is 1. The van der Waals surface area contributed by atoms with Gasteiger partial charge in [0.05, 0.1) is 17.6 Å². The van der Waals surface area contributed by atoms with Crippen LogP contribution >= 0.6 is 0 Å². The lowest BCUT2D eigenvalue weighted by Gasteiger charge is -2.02. The molecule has 2 aromatic heterocycles. The molecule has 0 radical (unpaired) electrons. The number of hydrogen-bond donors (Lipinski definition) is 2. The van der Waals surface area contributed by atoms with E-state index in [1.807, 2.05) is 54.3 Å². The van der Waals surface area contributed by atoms with Crippen molar-refractivity contribution in [1.29, 1.82) is 0 Å². The molecule has 3 rings (SSSR count). The molecule has 0 saturated heterocycles. The molecule has 0 unspecified atom stereocenters. The molecule has 3 N–H and O–H groups in total. The summed E-state index contributed by atoms with van der Waals surface area (Å²) in [5, 5.41) is 11.1. The second-order valence-electron chi connectivity index (χ2n) is 4.22. The quantitative estimate of drug-likeness (QED) is 0.719. The van der Waals surface area contributed by atoms with E-state index < -0.39 is 0 Å². The van der Waals surface area contributed by atoms with Gasteiger partial charge in [-0.3, -0.25) is 5.10 Å². The molecule has 0 aliphatic rings. The van der Waals surface area contributed by atoms with Gasteiger partial charge >= 0.3 is 0 Å². The van der Waals surface area contributed by atoms with E-state index in [1.165, 1.54) is 0 Å². The summed E-state index contributed by atoms with van der Waals surface area (Å²) in [6, 6.07) is 9.86. The smallest absolute Gasteiger partial charge is 0.145 e. The highest BCUT2D eigenvalue weighted by Crippen LogP contribution is 2.20. The van der Waals surface area contributed by atoms with Crippen LogP contribution < -0.4 is 5.73 Å². The van der Waals surface area contributed by atoms with Crippen LogP contribution in [0.3, 0.4) is 0 Å². The molecule has 18 heavy (non-hydrogen) atoms. The Labute approximate surface area is 104 Å². The van der Waals surface area contributed by atoms with Gasteiger partial charge in [0.1, 0.15) is 5.82 Å². The number of nitrogens with two attached hydrogens (primary N) is 1. The number of anilines is 1. The highest BCUT2D eigenvalue weighted by atomic mass is 15.3. The SMILES string of the molecule is Cc1cnn(-c2ccc(-c3cc(N)n[nH]3)cc2)c1. The van der Waals surface area contributed by atoms with Crippen molar-refractivity contribution in [3.05, 3.63) is 48.3 Å². The molecule has 5 nitrogen and oxygen atoms in total. The maximum atomic E-state index is 5.58. The number of nitrogens with zero attached hydrogens (tertiary/aromatic N) is 3. The summed E-state index contributed by atoms with van der Waals surface area (Å²) in [6.45, 7) is 2.02. The Morgan fingerprint density at radius 1 is 1.22 bits per heavy atom. The van der Waals surface area contributed by atoms with Crippen LogP contribution in [0.2, 0.25) is 0 Å². The fourth-order valence-electron chi connectivity index (χ4n) is 1.83. The van der Waals surface area contributed by atoms with Crippen molar-refractivity contribution in [2.45, 2.75) is 6.92 Å². The van der Waals surface area contributed by atoms with E-state index in [0.717, 1.165) is 22.5 Å². The molecule has 0 aliphatic heterocycles. The third-order valence-electron chi connectivity index (χ3n) is 2.75. The number of hydrogen-bond acceptors (Lipinski definition) is 3. The van der Waals surface area contributed by atoms with Gasteiger partial charge in [-0.1, -0.05) is 12.1 Å². The molecule has 90 valence electrons. The first kappa shape index (κ1) is 10.6. The summed E-state index contributed by atoms with van der Waals surface area (Å²) in [4.78, 5) is 0. The number of aromatic nitrogens is 4. The van der Waals surface area contributed by atoms with Gasteiger partial charge in [-0.2, -0.15) is 10.2 Å². The van der Waals surface area contributed by atoms with Crippen molar-refractivity contribution in [3.8, 4) is 16.9 Å². The molecular formula is C13H13N5. The summed E-state index contributed by atoms with van der Waals surface area (Å²) in [5.41, 5.74) is 9.71. The Kier molecular flexibility index (Phi) is 2.37. The minimum Gasteiger partial charge on any atom is -0.382 e. The van der Waals surface area contributed by atoms with E-state index in [4.69, 9.17) is 5.73 Å². The van der Waals surface area contributed by atoms with Crippen LogP contribution in [-0.4, -0.2) is 20.0 Å². The second-order valence-corrected chi connectivity index (χ2v) is 4.22. The van der Waals surface area contributed by atoms with Crippen molar-refractivity contribution in [1.82, 2.24) is 20.0 Å². The number of aryl methyl sites for hydroxylation is 1. The van der Waals surface area contributed by atoms with Gasteiger partial charge < -0.3 is 5.73 Å². The lowest BCUT2D eigenvalue weighted by Crippen LogP contribution is -1.93. The summed E-state index contributed by atoms with van der Waals surface area (Å²) in [7, 11) is 0. The van der Waals surface area contributed by atoms with E-state index in [2.05, 4.69) is 15.3 Å². The fourth-order valence-corrected chi connectivity index (χ4v) is 1.83. The molecule has 3 aromatic rings. The Morgan fingerprint density at radius 3 is 2.56 bits per heavy atom. The average Bonchev–Trinajstić information content (AvgIpc) is 2.98. The zero-order chi connectivity index (χ0) is 12.5. The monoisotopic (exact) mass is 239 g/mol. The minimum atomic E-state index is 0.497. The zero-order valence-corrected chi connectivity index (χ0v) is 9.96. The van der Waals surface area contributed by atoms with Crippen LogP contribution in [0.5, 0.6) is 0 Å². The van der Waals surface area contributed by atoms with E-state index in [-0.39, 0.29) is 0 Å². The number of aromatic amines is 1. The van der Waals surface area contributed by atoms with E-state index in [9.17, 15) is 0 Å². The molecule has 5 heteroatoms. The van der Waals surface area contributed by atoms with Crippen LogP contribution in [-0.2, 0) is 0 Å². The van der Waals surface area contributed by atoms with Crippen LogP contribution in [0.15, 0.2) is 42.7 Å². The zero-order valence-electron chi connectivity index (χ0n) is 9.96. The number of nitrogen functional groups attached to an aromatic ring is 1. The minimum absolute atomic E-state index is 0.497. The molecule has 0 saturated carbocycles. The topological polar surface area (TPSA) is 72.5 Å². The Bertz CT molecular complexity index is 604. The maximum absolute atomic E-state index is 5.58. The van der Waals surface area contributed by atoms with E-state index >= 15 is 0 Å². The third-order valence-corrected chi connectivity index (χ3v) is 2.75. The van der Waals surface area contributed by atoms with Crippen molar-refractivity contribution in [2.24, 2.45) is 0 Å². The van der Waals surface area contributed by atoms with E-state index in [1.54, 1.807) is 0 Å². The van der Waals surface area contributed by atoms with Gasteiger partial charge in [0.2, 0.25) is 0 Å². The summed E-state index contributed by atoms with van der Waals surface area (Å²) < 4.78 is 1.85. The average molecular weight is 239 g/mol. The largest absolute Gasteiger partial charge is 0.382 e. The third kappa shape index (κ3) is 1.86. The molecule has 0 fully saturated rings. The lowest BCUT2D eigenvalue weighted by molar-refractivity contribution is 0.880. The normalized spacial score (nSPS) is 10.7. The van der Waals surface area contributed by atoms with Crippen LogP contribution in [0, 0.1) is 6.92 Å². The maximum Gasteiger partial charge on any atom is 0.145 e. The first-order valence-corrected chi connectivity index (χ1v) is 5.65. The first-order chi connectivity index (χ1) is 8.72. The Morgan fingerprint density at radius 2 is 2.00 bits per heavy atom. The van der Waals surface area contributed by atoms with E-state index in [0.29, 0.717) is 5.82 Å². The Balaban J connectivity index is 1.94. The van der Waals surface area contributed by atoms with Crippen LogP contribution in [0.1, 0.15) is 5.56 Å². The van der Waals surface area contributed by atoms with Gasteiger partial charge in [-0.15, -0.1) is 0 Å². The van der Waals surface area contributed by atoms with Crippen LogP contribution in [0.25, 0.3) is 16.9 Å². The van der Waals surface area contributed by atoms with Gasteiger partial charge in [0, 0.05) is 12.3 Å². The molecular weight excluding hydrogens is 226 g/mol. The number of H-pyrrole nitrogens is 1. The van der Waals surface area contributed by atoms with Gasteiger partial charge in [-0.05, 0) is 30.2 Å². The Hall–Kier alpha value is -2.56. The highest BCUT2D eigenvalue weighted by molar-refractivity contribution is 5.63. The van der Waals surface area contributed by atoms with Crippen molar-refractivity contribution < 1.29 is 0 Å². The fraction of sp³-hybridized carbons (Fsp3) is 0.0769. The highest BCUT2D eigenvalue weighted by Gasteiger charge is 2.02. The molecule has 1 aromatic carbocycles. The predicted octanol–water partition coefficient (Wildman–Crippen LogP) is 2.15. The first-order valence-electron chi connectivity index (χ1n) is 5.65. The van der Waals surface area contributed by atoms with Crippen molar-refractivity contribution in [2.75, 3.05) is 5.73 Å². The van der Waals surface area contributed by atoms with Crippen molar-refractivity contribution >= 4 is 5.82 Å². The van der Waals surface area contributed by atoms with Crippen LogP contribution in [0.4, 0.5) is 5.82 Å². The lowest BCUT2D eigenvalue weighted by atomic mass is 10.1. The van der Waals surface area contributed by atoms with Gasteiger partial charge in [0.25, 0.3) is 0 Å². The summed E-state index contributed by atoms with van der Waals surface area (Å²) in [6.07, 6.45) is 3.83. The van der Waals surface area contributed by atoms with Crippen molar-refractivity contribution in [3.63, 3.8) is 0 Å². The molecule has 2 heterocycles. The number of rotatable bonds is 2. The molecule has 0 amide bonds. The number of nitrogens with one attached hydrogen (secondary N) is 1. The molecule has 0 bridgehead atoms. The molecule has 0 atom stereocenters. The summed E-state index contributed by atoms with van der Waals surface area (Å²) >= 11 is 0. The van der Waals surface area contributed by atoms with Gasteiger partial charge in [-0.25, -0.2) is 4.68 Å². The molecule has 0 spiro atoms. The molecule has 0 aliphatic carbocycles. The second kappa shape index (κ2) is 4.03. The summed E-state index contributed by atoms with van der Waals surface area (Å²) in [5.74, 6) is 0.497. The standard InChI is InChI=1S/C13H13N5/c1-9-7-15-18(8-9)11-4-2-10(3-5-11)12-6-13(14)17-16-12/h2-8H,1H3,(H3,14,16,17). The van der Waals surface area contributed by atoms with Gasteiger partial charge in [0.15, 0.2) is 0 Å².